The number of para-hydroxylation sites is 1. The van der Waals surface area contributed by atoms with Crippen molar-refractivity contribution in [2.75, 3.05) is 0 Å². The van der Waals surface area contributed by atoms with Gasteiger partial charge in [-0.15, -0.1) is 0 Å². The van der Waals surface area contributed by atoms with Gasteiger partial charge in [-0.05, 0) is 11.6 Å². The van der Waals surface area contributed by atoms with Crippen molar-refractivity contribution in [2.45, 2.75) is 6.61 Å². The molecule has 0 aliphatic heterocycles. The Morgan fingerprint density at radius 3 is 2.55 bits per heavy atom. The maximum Gasteiger partial charge on any atom is 0.235 e. The number of aliphatic hydroxyl groups excluding tert-OH is 1. The van der Waals surface area contributed by atoms with Crippen LogP contribution in [0.15, 0.2) is 59.1 Å². The largest absolute Gasteiger partial charge is 0.456 e. The van der Waals surface area contributed by atoms with Gasteiger partial charge in [-0.25, -0.2) is 0 Å². The number of rotatable bonds is 4. The third-order valence-electron chi connectivity index (χ3n) is 3.42. The van der Waals surface area contributed by atoms with Gasteiger partial charge in [-0.1, -0.05) is 42.5 Å². The van der Waals surface area contributed by atoms with E-state index in [0.717, 1.165) is 33.9 Å². The summed E-state index contributed by atoms with van der Waals surface area (Å²) in [6.07, 6.45) is 2.32. The molecule has 0 fully saturated rings. The number of furan rings is 1. The summed E-state index contributed by atoms with van der Waals surface area (Å²) in [6, 6.07) is 14.7. The Labute approximate surface area is 126 Å². The molecule has 0 radical (unpaired) electrons. The molecule has 5 heteroatoms. The number of fused-ring (bicyclic) bond motifs is 1. The number of nitrogens with zero attached hydrogens (tertiary/aromatic N) is 1. The van der Waals surface area contributed by atoms with Crippen molar-refractivity contribution >= 4 is 17.0 Å². The van der Waals surface area contributed by atoms with Crippen LogP contribution in [0.2, 0.25) is 0 Å². The van der Waals surface area contributed by atoms with Gasteiger partial charge in [0, 0.05) is 22.6 Å². The van der Waals surface area contributed by atoms with Gasteiger partial charge in [0.2, 0.25) is 6.20 Å². The second kappa shape index (κ2) is 5.83. The lowest BCUT2D eigenvalue weighted by atomic mass is 10.0. The van der Waals surface area contributed by atoms with Gasteiger partial charge in [-0.3, -0.25) is 10.1 Å². The molecule has 110 valence electrons. The summed E-state index contributed by atoms with van der Waals surface area (Å²) < 4.78 is 5.83. The summed E-state index contributed by atoms with van der Waals surface area (Å²) >= 11 is 0. The van der Waals surface area contributed by atoms with Crippen molar-refractivity contribution in [1.29, 1.82) is 0 Å². The maximum absolute atomic E-state index is 10.3. The Balaban J connectivity index is 2.02. The van der Waals surface area contributed by atoms with Crippen LogP contribution in [0.3, 0.4) is 0 Å². The Bertz CT molecular complexity index is 847. The highest BCUT2D eigenvalue weighted by molar-refractivity contribution is 5.87. The summed E-state index contributed by atoms with van der Waals surface area (Å²) in [4.78, 5) is 9.82. The summed E-state index contributed by atoms with van der Waals surface area (Å²) in [5, 5.41) is 20.8. The Kier molecular flexibility index (Phi) is 3.72. The number of aliphatic hydroxyl groups is 1. The molecule has 5 nitrogen and oxygen atoms in total. The predicted octanol–water partition coefficient (Wildman–Crippen LogP) is 3.84. The lowest BCUT2D eigenvalue weighted by Gasteiger charge is -2.01. The van der Waals surface area contributed by atoms with Crippen molar-refractivity contribution in [1.82, 2.24) is 0 Å². The van der Waals surface area contributed by atoms with Crippen LogP contribution in [0, 0.1) is 10.1 Å². The Morgan fingerprint density at radius 2 is 1.86 bits per heavy atom. The van der Waals surface area contributed by atoms with Crippen molar-refractivity contribution in [3.8, 4) is 11.3 Å². The zero-order chi connectivity index (χ0) is 15.5. The van der Waals surface area contributed by atoms with Gasteiger partial charge in [0.05, 0.1) is 11.5 Å². The van der Waals surface area contributed by atoms with Gasteiger partial charge in [0.15, 0.2) is 0 Å². The molecule has 1 aromatic heterocycles. The highest BCUT2D eigenvalue weighted by Crippen LogP contribution is 2.33. The quantitative estimate of drug-likeness (QED) is 0.586. The van der Waals surface area contributed by atoms with E-state index in [9.17, 15) is 15.2 Å². The van der Waals surface area contributed by atoms with Crippen LogP contribution in [0.5, 0.6) is 0 Å². The maximum atomic E-state index is 10.3. The summed E-state index contributed by atoms with van der Waals surface area (Å²) in [5.74, 6) is 0.619. The first kappa shape index (κ1) is 14.0. The molecule has 0 aliphatic carbocycles. The SMILES string of the molecule is O=[N+]([O-])/C=C/c1ccc(-c2oc3ccccc3c2CO)cc1. The van der Waals surface area contributed by atoms with Crippen LogP contribution >= 0.6 is 0 Å². The Hall–Kier alpha value is -2.92. The summed E-state index contributed by atoms with van der Waals surface area (Å²) in [7, 11) is 0. The summed E-state index contributed by atoms with van der Waals surface area (Å²) in [5.41, 5.74) is 3.00. The van der Waals surface area contributed by atoms with Crippen molar-refractivity contribution in [2.24, 2.45) is 0 Å². The number of benzene rings is 2. The van der Waals surface area contributed by atoms with E-state index in [-0.39, 0.29) is 6.61 Å². The first-order valence-corrected chi connectivity index (χ1v) is 6.72. The lowest BCUT2D eigenvalue weighted by Crippen LogP contribution is -1.86. The van der Waals surface area contributed by atoms with Crippen LogP contribution in [-0.2, 0) is 6.61 Å². The van der Waals surface area contributed by atoms with Crippen molar-refractivity contribution in [3.05, 3.63) is 76.0 Å². The first-order valence-electron chi connectivity index (χ1n) is 6.72. The molecule has 0 saturated heterocycles. The second-order valence-corrected chi connectivity index (χ2v) is 4.79. The monoisotopic (exact) mass is 295 g/mol. The molecule has 0 unspecified atom stereocenters. The minimum absolute atomic E-state index is 0.116. The average Bonchev–Trinajstić information content (AvgIpc) is 2.92. The van der Waals surface area contributed by atoms with E-state index in [1.165, 1.54) is 6.08 Å². The number of nitro groups is 1. The van der Waals surface area contributed by atoms with Crippen LogP contribution < -0.4 is 0 Å². The fourth-order valence-corrected chi connectivity index (χ4v) is 2.38. The zero-order valence-corrected chi connectivity index (χ0v) is 11.6. The molecule has 0 amide bonds. The van der Waals surface area contributed by atoms with E-state index in [0.29, 0.717) is 5.76 Å². The molecule has 0 bridgehead atoms. The molecule has 1 heterocycles. The van der Waals surface area contributed by atoms with Crippen molar-refractivity contribution < 1.29 is 14.4 Å². The van der Waals surface area contributed by atoms with Gasteiger partial charge in [0.1, 0.15) is 11.3 Å². The highest BCUT2D eigenvalue weighted by atomic mass is 16.6. The summed E-state index contributed by atoms with van der Waals surface area (Å²) in [6.45, 7) is -0.116. The molecule has 0 spiro atoms. The molecule has 1 N–H and O–H groups in total. The normalized spacial score (nSPS) is 11.3. The Morgan fingerprint density at radius 1 is 1.14 bits per heavy atom. The molecule has 3 rings (SSSR count). The fourth-order valence-electron chi connectivity index (χ4n) is 2.38. The third kappa shape index (κ3) is 2.62. The molecular formula is C17H13NO4. The van der Waals surface area contributed by atoms with Crippen LogP contribution in [0.4, 0.5) is 0 Å². The molecule has 0 saturated carbocycles. The first-order chi connectivity index (χ1) is 10.7. The lowest BCUT2D eigenvalue weighted by molar-refractivity contribution is -0.400. The van der Waals surface area contributed by atoms with Crippen LogP contribution in [0.1, 0.15) is 11.1 Å². The van der Waals surface area contributed by atoms with E-state index in [4.69, 9.17) is 4.42 Å². The van der Waals surface area contributed by atoms with Crippen LogP contribution in [0.25, 0.3) is 28.4 Å². The van der Waals surface area contributed by atoms with Gasteiger partial charge in [0.25, 0.3) is 0 Å². The fraction of sp³-hybridized carbons (Fsp3) is 0.0588. The second-order valence-electron chi connectivity index (χ2n) is 4.79. The van der Waals surface area contributed by atoms with E-state index >= 15 is 0 Å². The third-order valence-corrected chi connectivity index (χ3v) is 3.42. The average molecular weight is 295 g/mol. The topological polar surface area (TPSA) is 76.5 Å². The number of hydrogen-bond acceptors (Lipinski definition) is 4. The zero-order valence-electron chi connectivity index (χ0n) is 11.6. The van der Waals surface area contributed by atoms with Crippen LogP contribution in [-0.4, -0.2) is 10.0 Å². The molecule has 0 atom stereocenters. The molecule has 0 aliphatic rings. The highest BCUT2D eigenvalue weighted by Gasteiger charge is 2.14. The molecular weight excluding hydrogens is 282 g/mol. The van der Waals surface area contributed by atoms with Gasteiger partial charge < -0.3 is 9.52 Å². The minimum atomic E-state index is -0.503. The van der Waals surface area contributed by atoms with E-state index < -0.39 is 4.92 Å². The minimum Gasteiger partial charge on any atom is -0.456 e. The standard InChI is InChI=1S/C17H13NO4/c19-11-15-14-3-1-2-4-16(14)22-17(15)13-7-5-12(6-8-13)9-10-18(20)21/h1-10,19H,11H2/b10-9+. The van der Waals surface area contributed by atoms with E-state index in [1.807, 2.05) is 36.4 Å². The van der Waals surface area contributed by atoms with Gasteiger partial charge in [-0.2, -0.15) is 0 Å². The predicted molar refractivity (Wildman–Crippen MR) is 83.6 cm³/mol. The van der Waals surface area contributed by atoms with E-state index in [2.05, 4.69) is 0 Å². The molecule has 22 heavy (non-hydrogen) atoms. The molecule has 2 aromatic carbocycles. The molecule has 3 aromatic rings. The number of hydrogen-bond donors (Lipinski definition) is 1. The van der Waals surface area contributed by atoms with Crippen molar-refractivity contribution in [3.63, 3.8) is 0 Å². The smallest absolute Gasteiger partial charge is 0.235 e. The van der Waals surface area contributed by atoms with Gasteiger partial charge >= 0.3 is 0 Å². The van der Waals surface area contributed by atoms with E-state index in [1.54, 1.807) is 12.1 Å².